The lowest BCUT2D eigenvalue weighted by atomic mass is 10.0. The third-order valence-corrected chi connectivity index (χ3v) is 3.81. The molecule has 1 aliphatic rings. The van der Waals surface area contributed by atoms with Crippen molar-refractivity contribution in [1.29, 1.82) is 0 Å². The van der Waals surface area contributed by atoms with Gasteiger partial charge >= 0.3 is 0 Å². The zero-order chi connectivity index (χ0) is 13.0. The fourth-order valence-electron chi connectivity index (χ4n) is 2.44. The maximum absolute atomic E-state index is 5.69. The van der Waals surface area contributed by atoms with Gasteiger partial charge < -0.3 is 5.73 Å². The van der Waals surface area contributed by atoms with E-state index in [2.05, 4.69) is 28.9 Å². The molecule has 1 aromatic rings. The molecule has 0 bridgehead atoms. The Kier molecular flexibility index (Phi) is 4.30. The van der Waals surface area contributed by atoms with Crippen LogP contribution in [0.4, 0.5) is 0 Å². The van der Waals surface area contributed by atoms with Crippen LogP contribution < -0.4 is 5.73 Å². The summed E-state index contributed by atoms with van der Waals surface area (Å²) in [6.45, 7) is 5.35. The SMILES string of the molecule is CCN(Cc1ccncc1)CC1(CC(N)=S)CC1. The van der Waals surface area contributed by atoms with Gasteiger partial charge in [-0.2, -0.15) is 0 Å². The predicted octanol–water partition coefficient (Wildman–Crippen LogP) is 2.36. The minimum Gasteiger partial charge on any atom is -0.393 e. The third-order valence-electron chi connectivity index (χ3n) is 3.67. The van der Waals surface area contributed by atoms with Gasteiger partial charge in [0.15, 0.2) is 0 Å². The van der Waals surface area contributed by atoms with E-state index in [4.69, 9.17) is 18.0 Å². The van der Waals surface area contributed by atoms with Crippen LogP contribution in [0.1, 0.15) is 31.7 Å². The van der Waals surface area contributed by atoms with Crippen LogP contribution in [0.5, 0.6) is 0 Å². The number of hydrogen-bond donors (Lipinski definition) is 1. The first-order valence-corrected chi connectivity index (χ1v) is 6.94. The molecule has 1 heterocycles. The molecule has 0 unspecified atom stereocenters. The van der Waals surface area contributed by atoms with Crippen LogP contribution in [0, 0.1) is 5.41 Å². The van der Waals surface area contributed by atoms with E-state index in [1.165, 1.54) is 18.4 Å². The number of thiocarbonyl (C=S) groups is 1. The molecule has 98 valence electrons. The topological polar surface area (TPSA) is 42.2 Å². The summed E-state index contributed by atoms with van der Waals surface area (Å²) < 4.78 is 0. The first-order valence-electron chi connectivity index (χ1n) is 6.53. The van der Waals surface area contributed by atoms with Crippen LogP contribution in [-0.2, 0) is 6.54 Å². The van der Waals surface area contributed by atoms with Gasteiger partial charge in [0.05, 0.1) is 4.99 Å². The zero-order valence-corrected chi connectivity index (χ0v) is 11.7. The standard InChI is InChI=1S/C14H21N3S/c1-2-17(10-12-3-7-16-8-4-12)11-14(5-6-14)9-13(15)18/h3-4,7-8H,2,5-6,9-11H2,1H3,(H2,15,18). The Hall–Kier alpha value is -1.00. The molecular formula is C14H21N3S. The highest BCUT2D eigenvalue weighted by molar-refractivity contribution is 7.80. The Morgan fingerprint density at radius 3 is 2.61 bits per heavy atom. The van der Waals surface area contributed by atoms with Crippen molar-refractivity contribution in [2.45, 2.75) is 32.7 Å². The number of pyridine rings is 1. The highest BCUT2D eigenvalue weighted by Gasteiger charge is 2.43. The second kappa shape index (κ2) is 5.76. The lowest BCUT2D eigenvalue weighted by Crippen LogP contribution is -2.32. The Balaban J connectivity index is 1.92. The second-order valence-electron chi connectivity index (χ2n) is 5.30. The van der Waals surface area contributed by atoms with Gasteiger partial charge in [-0.25, -0.2) is 0 Å². The number of rotatable bonds is 7. The van der Waals surface area contributed by atoms with Crippen molar-refractivity contribution in [2.75, 3.05) is 13.1 Å². The van der Waals surface area contributed by atoms with Crippen LogP contribution in [0.25, 0.3) is 0 Å². The highest BCUT2D eigenvalue weighted by atomic mass is 32.1. The molecule has 2 N–H and O–H groups in total. The van der Waals surface area contributed by atoms with Crippen molar-refractivity contribution in [2.24, 2.45) is 11.1 Å². The van der Waals surface area contributed by atoms with Gasteiger partial charge in [0.25, 0.3) is 0 Å². The van der Waals surface area contributed by atoms with E-state index >= 15 is 0 Å². The molecule has 0 aromatic carbocycles. The van der Waals surface area contributed by atoms with Gasteiger partial charge in [0.2, 0.25) is 0 Å². The van der Waals surface area contributed by atoms with E-state index in [0.29, 0.717) is 10.4 Å². The summed E-state index contributed by atoms with van der Waals surface area (Å²) >= 11 is 5.05. The van der Waals surface area contributed by atoms with Crippen LogP contribution in [0.3, 0.4) is 0 Å². The molecule has 3 nitrogen and oxygen atoms in total. The summed E-state index contributed by atoms with van der Waals surface area (Å²) in [6.07, 6.45) is 7.12. The van der Waals surface area contributed by atoms with E-state index in [-0.39, 0.29) is 0 Å². The molecular weight excluding hydrogens is 242 g/mol. The Morgan fingerprint density at radius 2 is 2.11 bits per heavy atom. The number of nitrogens with zero attached hydrogens (tertiary/aromatic N) is 2. The minimum absolute atomic E-state index is 0.370. The molecule has 0 spiro atoms. The zero-order valence-electron chi connectivity index (χ0n) is 10.9. The van der Waals surface area contributed by atoms with Crippen LogP contribution in [-0.4, -0.2) is 28.0 Å². The molecule has 1 fully saturated rings. The lowest BCUT2D eigenvalue weighted by Gasteiger charge is -2.26. The Labute approximate surface area is 114 Å². The summed E-state index contributed by atoms with van der Waals surface area (Å²) in [6, 6.07) is 4.16. The van der Waals surface area contributed by atoms with Gasteiger partial charge in [-0.3, -0.25) is 9.88 Å². The quantitative estimate of drug-likeness (QED) is 0.767. The summed E-state index contributed by atoms with van der Waals surface area (Å²) in [4.78, 5) is 7.19. The Morgan fingerprint density at radius 1 is 1.44 bits per heavy atom. The van der Waals surface area contributed by atoms with Crippen LogP contribution >= 0.6 is 12.2 Å². The highest BCUT2D eigenvalue weighted by Crippen LogP contribution is 2.49. The first-order chi connectivity index (χ1) is 8.63. The molecule has 2 rings (SSSR count). The van der Waals surface area contributed by atoms with Gasteiger partial charge in [0.1, 0.15) is 0 Å². The van der Waals surface area contributed by atoms with Gasteiger partial charge in [0, 0.05) is 31.9 Å². The van der Waals surface area contributed by atoms with Crippen LogP contribution in [0.15, 0.2) is 24.5 Å². The minimum atomic E-state index is 0.370. The van der Waals surface area contributed by atoms with Crippen molar-refractivity contribution in [3.8, 4) is 0 Å². The predicted molar refractivity (Wildman–Crippen MR) is 78.3 cm³/mol. The summed E-state index contributed by atoms with van der Waals surface area (Å²) in [7, 11) is 0. The first kappa shape index (κ1) is 13.4. The smallest absolute Gasteiger partial charge is 0.0733 e. The van der Waals surface area contributed by atoms with E-state index < -0.39 is 0 Å². The fourth-order valence-corrected chi connectivity index (χ4v) is 2.74. The van der Waals surface area contributed by atoms with Crippen LogP contribution in [0.2, 0.25) is 0 Å². The third kappa shape index (κ3) is 3.75. The maximum Gasteiger partial charge on any atom is 0.0733 e. The number of nitrogens with two attached hydrogens (primary N) is 1. The molecule has 18 heavy (non-hydrogen) atoms. The van der Waals surface area contributed by atoms with Gasteiger partial charge in [-0.1, -0.05) is 19.1 Å². The van der Waals surface area contributed by atoms with Gasteiger partial charge in [-0.15, -0.1) is 0 Å². The van der Waals surface area contributed by atoms with Crippen molar-refractivity contribution in [3.05, 3.63) is 30.1 Å². The van der Waals surface area contributed by atoms with Crippen molar-refractivity contribution in [1.82, 2.24) is 9.88 Å². The average molecular weight is 263 g/mol. The van der Waals surface area contributed by atoms with Crippen molar-refractivity contribution < 1.29 is 0 Å². The maximum atomic E-state index is 5.69. The molecule has 0 atom stereocenters. The van der Waals surface area contributed by atoms with E-state index in [1.807, 2.05) is 12.4 Å². The fraction of sp³-hybridized carbons (Fsp3) is 0.571. The average Bonchev–Trinajstić information content (AvgIpc) is 3.08. The number of hydrogen-bond acceptors (Lipinski definition) is 3. The molecule has 1 saturated carbocycles. The summed E-state index contributed by atoms with van der Waals surface area (Å²) in [5, 5.41) is 0. The molecule has 1 aliphatic carbocycles. The lowest BCUT2D eigenvalue weighted by molar-refractivity contribution is 0.224. The molecule has 0 aliphatic heterocycles. The van der Waals surface area contributed by atoms with E-state index in [1.54, 1.807) is 0 Å². The largest absolute Gasteiger partial charge is 0.393 e. The second-order valence-corrected chi connectivity index (χ2v) is 5.83. The molecule has 0 amide bonds. The molecule has 1 aromatic heterocycles. The molecule has 4 heteroatoms. The summed E-state index contributed by atoms with van der Waals surface area (Å²) in [5.74, 6) is 0. The van der Waals surface area contributed by atoms with Crippen molar-refractivity contribution in [3.63, 3.8) is 0 Å². The number of aromatic nitrogens is 1. The monoisotopic (exact) mass is 263 g/mol. The van der Waals surface area contributed by atoms with Crippen molar-refractivity contribution >= 4 is 17.2 Å². The van der Waals surface area contributed by atoms with Gasteiger partial charge in [-0.05, 0) is 42.5 Å². The normalized spacial score (nSPS) is 16.8. The van der Waals surface area contributed by atoms with E-state index in [9.17, 15) is 0 Å². The summed E-state index contributed by atoms with van der Waals surface area (Å²) in [5.41, 5.74) is 7.38. The molecule has 0 saturated heterocycles. The Bertz CT molecular complexity index is 401. The van der Waals surface area contributed by atoms with E-state index in [0.717, 1.165) is 26.1 Å². The molecule has 0 radical (unpaired) electrons.